The van der Waals surface area contributed by atoms with Crippen molar-refractivity contribution in [2.75, 3.05) is 12.0 Å². The number of esters is 1. The van der Waals surface area contributed by atoms with E-state index in [4.69, 9.17) is 4.74 Å². The number of hydrogen-bond donors (Lipinski definition) is 1. The van der Waals surface area contributed by atoms with Crippen molar-refractivity contribution in [1.29, 1.82) is 0 Å². The Hall–Kier alpha value is -3.00. The van der Waals surface area contributed by atoms with E-state index < -0.39 is 0 Å². The molecule has 25 heavy (non-hydrogen) atoms. The van der Waals surface area contributed by atoms with E-state index in [0.29, 0.717) is 17.4 Å². The van der Waals surface area contributed by atoms with E-state index in [1.165, 1.54) is 11.3 Å². The lowest BCUT2D eigenvalue weighted by Crippen LogP contribution is -2.07. The van der Waals surface area contributed by atoms with Crippen LogP contribution in [-0.2, 0) is 16.0 Å². The molecule has 128 valence electrons. The molecule has 0 saturated carbocycles. The lowest BCUT2D eigenvalue weighted by Gasteiger charge is -2.04. The standard InChI is InChI=1S/C17H17N5O2S/c1-2-24-16(23)10-14-12-25-17(20-14)21-18-11-13-6-3-4-7-15(13)22-9-5-8-19-22/h3-9,11-12H,2,10H2,1H3,(H,20,21). The second-order valence-electron chi connectivity index (χ2n) is 5.01. The molecular weight excluding hydrogens is 338 g/mol. The normalized spacial score (nSPS) is 10.9. The van der Waals surface area contributed by atoms with Crippen LogP contribution in [0.2, 0.25) is 0 Å². The summed E-state index contributed by atoms with van der Waals surface area (Å²) in [6.45, 7) is 2.15. The fraction of sp³-hybridized carbons (Fsp3) is 0.176. The van der Waals surface area contributed by atoms with Crippen molar-refractivity contribution in [3.8, 4) is 5.69 Å². The van der Waals surface area contributed by atoms with Crippen LogP contribution in [0.25, 0.3) is 5.69 Å². The van der Waals surface area contributed by atoms with Gasteiger partial charge in [-0.25, -0.2) is 9.67 Å². The smallest absolute Gasteiger partial charge is 0.311 e. The van der Waals surface area contributed by atoms with Crippen LogP contribution in [-0.4, -0.2) is 33.6 Å². The molecule has 2 heterocycles. The molecule has 0 bridgehead atoms. The van der Waals surface area contributed by atoms with E-state index in [1.807, 2.05) is 41.9 Å². The molecule has 1 N–H and O–H groups in total. The molecule has 1 aromatic carbocycles. The number of nitrogens with zero attached hydrogens (tertiary/aromatic N) is 4. The van der Waals surface area contributed by atoms with Crippen molar-refractivity contribution in [2.45, 2.75) is 13.3 Å². The molecule has 0 amide bonds. The van der Waals surface area contributed by atoms with Crippen LogP contribution >= 0.6 is 11.3 Å². The highest BCUT2D eigenvalue weighted by atomic mass is 32.1. The van der Waals surface area contributed by atoms with E-state index in [2.05, 4.69) is 20.6 Å². The molecule has 0 aliphatic heterocycles. The zero-order valence-electron chi connectivity index (χ0n) is 13.6. The SMILES string of the molecule is CCOC(=O)Cc1csc(NN=Cc2ccccc2-n2cccn2)n1. The molecular formula is C17H17N5O2S. The first-order valence-electron chi connectivity index (χ1n) is 7.74. The summed E-state index contributed by atoms with van der Waals surface area (Å²) in [5.41, 5.74) is 5.40. The highest BCUT2D eigenvalue weighted by molar-refractivity contribution is 7.13. The molecule has 3 rings (SSSR count). The number of carbonyl (C=O) groups excluding carboxylic acids is 1. The van der Waals surface area contributed by atoms with Crippen LogP contribution in [0.4, 0.5) is 5.13 Å². The van der Waals surface area contributed by atoms with Gasteiger partial charge in [0.1, 0.15) is 0 Å². The first-order chi connectivity index (χ1) is 12.3. The Kier molecular flexibility index (Phi) is 5.53. The molecule has 0 radical (unpaired) electrons. The molecule has 0 unspecified atom stereocenters. The fourth-order valence-electron chi connectivity index (χ4n) is 2.17. The zero-order valence-corrected chi connectivity index (χ0v) is 14.4. The molecule has 0 atom stereocenters. The molecule has 0 aliphatic carbocycles. The van der Waals surface area contributed by atoms with Gasteiger partial charge in [0.15, 0.2) is 0 Å². The Balaban J connectivity index is 1.65. The van der Waals surface area contributed by atoms with Crippen LogP contribution in [0.15, 0.2) is 53.2 Å². The van der Waals surface area contributed by atoms with Gasteiger partial charge >= 0.3 is 5.97 Å². The highest BCUT2D eigenvalue weighted by Gasteiger charge is 2.08. The van der Waals surface area contributed by atoms with Gasteiger partial charge in [-0.15, -0.1) is 11.3 Å². The minimum atomic E-state index is -0.281. The van der Waals surface area contributed by atoms with Gasteiger partial charge in [-0.2, -0.15) is 10.2 Å². The highest BCUT2D eigenvalue weighted by Crippen LogP contribution is 2.16. The van der Waals surface area contributed by atoms with Crippen LogP contribution in [0.1, 0.15) is 18.2 Å². The van der Waals surface area contributed by atoms with E-state index in [1.54, 1.807) is 24.0 Å². The van der Waals surface area contributed by atoms with Crippen LogP contribution < -0.4 is 5.43 Å². The van der Waals surface area contributed by atoms with E-state index in [0.717, 1.165) is 11.3 Å². The Bertz CT molecular complexity index is 858. The van der Waals surface area contributed by atoms with Gasteiger partial charge in [-0.3, -0.25) is 10.2 Å². The monoisotopic (exact) mass is 355 g/mol. The van der Waals surface area contributed by atoms with Gasteiger partial charge in [-0.1, -0.05) is 18.2 Å². The Morgan fingerprint density at radius 2 is 2.28 bits per heavy atom. The third kappa shape index (κ3) is 4.51. The van der Waals surface area contributed by atoms with Crippen molar-refractivity contribution in [1.82, 2.24) is 14.8 Å². The van der Waals surface area contributed by atoms with Crippen molar-refractivity contribution < 1.29 is 9.53 Å². The minimum absolute atomic E-state index is 0.165. The number of carbonyl (C=O) groups is 1. The summed E-state index contributed by atoms with van der Waals surface area (Å²) in [6, 6.07) is 9.68. The quantitative estimate of drug-likeness (QED) is 0.400. The predicted molar refractivity (Wildman–Crippen MR) is 97.2 cm³/mol. The summed E-state index contributed by atoms with van der Waals surface area (Å²) < 4.78 is 6.69. The maximum absolute atomic E-state index is 11.5. The van der Waals surface area contributed by atoms with Crippen molar-refractivity contribution >= 4 is 28.7 Å². The van der Waals surface area contributed by atoms with Gasteiger partial charge in [0.25, 0.3) is 0 Å². The molecule has 8 heteroatoms. The number of para-hydroxylation sites is 1. The molecule has 0 saturated heterocycles. The predicted octanol–water partition coefficient (Wildman–Crippen LogP) is 2.88. The average molecular weight is 355 g/mol. The number of benzene rings is 1. The second kappa shape index (κ2) is 8.20. The Morgan fingerprint density at radius 3 is 3.08 bits per heavy atom. The summed E-state index contributed by atoms with van der Waals surface area (Å²) in [7, 11) is 0. The van der Waals surface area contributed by atoms with Crippen LogP contribution in [0.5, 0.6) is 0 Å². The number of hydrogen-bond acceptors (Lipinski definition) is 7. The third-order valence-corrected chi connectivity index (χ3v) is 4.03. The number of nitrogens with one attached hydrogen (secondary N) is 1. The minimum Gasteiger partial charge on any atom is -0.466 e. The number of hydrazone groups is 1. The van der Waals surface area contributed by atoms with Gasteiger partial charge < -0.3 is 4.74 Å². The van der Waals surface area contributed by atoms with E-state index >= 15 is 0 Å². The van der Waals surface area contributed by atoms with Gasteiger partial charge in [0.2, 0.25) is 5.13 Å². The van der Waals surface area contributed by atoms with Gasteiger partial charge in [-0.05, 0) is 19.1 Å². The van der Waals surface area contributed by atoms with Crippen molar-refractivity contribution in [3.05, 3.63) is 59.4 Å². The number of anilines is 1. The summed E-state index contributed by atoms with van der Waals surface area (Å²) >= 11 is 1.39. The van der Waals surface area contributed by atoms with Crippen LogP contribution in [0, 0.1) is 0 Å². The molecule has 7 nitrogen and oxygen atoms in total. The van der Waals surface area contributed by atoms with Gasteiger partial charge in [0.05, 0.1) is 30.6 Å². The lowest BCUT2D eigenvalue weighted by atomic mass is 10.2. The van der Waals surface area contributed by atoms with E-state index in [9.17, 15) is 4.79 Å². The van der Waals surface area contributed by atoms with Crippen molar-refractivity contribution in [2.24, 2.45) is 5.10 Å². The fourth-order valence-corrected chi connectivity index (χ4v) is 2.83. The molecule has 2 aromatic heterocycles. The largest absolute Gasteiger partial charge is 0.466 e. The van der Waals surface area contributed by atoms with Gasteiger partial charge in [0, 0.05) is 23.3 Å². The zero-order chi connectivity index (χ0) is 17.5. The summed E-state index contributed by atoms with van der Waals surface area (Å²) in [4.78, 5) is 15.8. The maximum atomic E-state index is 11.5. The number of thiazole rings is 1. The summed E-state index contributed by atoms with van der Waals surface area (Å²) in [6.07, 6.45) is 5.48. The number of ether oxygens (including phenoxy) is 1. The molecule has 3 aromatic rings. The summed E-state index contributed by atoms with van der Waals surface area (Å²) in [5.74, 6) is -0.281. The molecule has 0 fully saturated rings. The Labute approximate surface area is 149 Å². The topological polar surface area (TPSA) is 81.4 Å². The second-order valence-corrected chi connectivity index (χ2v) is 5.86. The first-order valence-corrected chi connectivity index (χ1v) is 8.62. The molecule has 0 spiro atoms. The van der Waals surface area contributed by atoms with Crippen LogP contribution in [0.3, 0.4) is 0 Å². The average Bonchev–Trinajstić information content (AvgIpc) is 3.28. The number of aromatic nitrogens is 3. The number of rotatable bonds is 7. The third-order valence-electron chi connectivity index (χ3n) is 3.23. The first kappa shape index (κ1) is 16.8. The van der Waals surface area contributed by atoms with Crippen molar-refractivity contribution in [3.63, 3.8) is 0 Å². The summed E-state index contributed by atoms with van der Waals surface area (Å²) in [5, 5.41) is 10.9. The molecule has 0 aliphatic rings. The lowest BCUT2D eigenvalue weighted by molar-refractivity contribution is -0.142. The van der Waals surface area contributed by atoms with E-state index in [-0.39, 0.29) is 12.4 Å². The maximum Gasteiger partial charge on any atom is 0.311 e. The Morgan fingerprint density at radius 1 is 1.40 bits per heavy atom.